The molecule has 0 N–H and O–H groups in total. The van der Waals surface area contributed by atoms with Crippen LogP contribution in [0.25, 0.3) is 185 Å². The standard InChI is InChI=1S/C80H43BN2/c1-3-20-47-44(18-1)40-45-19-2-4-21-48(45)71(47)46-36-38-67-64(41-46)75-73-59-32-15-12-26-53(59)50-23-6-9-29-56(50)62(73)42-65-79(75)82(67)69-34-17-35-70-78(69)81(65)66-43-63-57-30-10-7-24-51(57)54-27-13-16-33-60(54)74(63)77-76-68(83(70)80(66)77)39-37-61-55-28-8-5-22-49(55)52-25-11-14-31-58(52)72(61)76/h1-43H. The number of fused-ring (bicyclic) bond motifs is 33. The lowest BCUT2D eigenvalue weighted by molar-refractivity contribution is 1.14. The van der Waals surface area contributed by atoms with Crippen LogP contribution in [0.5, 0.6) is 0 Å². The van der Waals surface area contributed by atoms with Gasteiger partial charge in [-0.2, -0.15) is 0 Å². The van der Waals surface area contributed by atoms with Crippen molar-refractivity contribution in [2.45, 2.75) is 0 Å². The van der Waals surface area contributed by atoms with Crippen LogP contribution in [-0.4, -0.2) is 15.8 Å². The topological polar surface area (TPSA) is 9.86 Å². The van der Waals surface area contributed by atoms with Gasteiger partial charge in [0.2, 0.25) is 0 Å². The van der Waals surface area contributed by atoms with E-state index in [1.807, 2.05) is 0 Å². The molecule has 2 nitrogen and oxygen atoms in total. The fourth-order valence-corrected chi connectivity index (χ4v) is 16.9. The van der Waals surface area contributed by atoms with Crippen molar-refractivity contribution in [3.63, 3.8) is 0 Å². The molecule has 83 heavy (non-hydrogen) atoms. The van der Waals surface area contributed by atoms with E-state index >= 15 is 0 Å². The lowest BCUT2D eigenvalue weighted by Gasteiger charge is -2.34. The van der Waals surface area contributed by atoms with Crippen molar-refractivity contribution >= 4 is 185 Å². The van der Waals surface area contributed by atoms with Crippen molar-refractivity contribution in [3.8, 4) is 22.5 Å². The number of rotatable bonds is 1. The first-order valence-corrected chi connectivity index (χ1v) is 29.2. The summed E-state index contributed by atoms with van der Waals surface area (Å²) in [5.41, 5.74) is 14.1. The minimum Gasteiger partial charge on any atom is -0.310 e. The molecule has 0 bridgehead atoms. The first-order valence-electron chi connectivity index (χ1n) is 29.2. The van der Waals surface area contributed by atoms with Crippen LogP contribution in [0.3, 0.4) is 0 Å². The second-order valence-corrected chi connectivity index (χ2v) is 23.6. The molecule has 0 atom stereocenters. The van der Waals surface area contributed by atoms with Gasteiger partial charge in [-0.05, 0) is 166 Å². The van der Waals surface area contributed by atoms with Crippen LogP contribution in [-0.2, 0) is 0 Å². The van der Waals surface area contributed by atoms with Crippen molar-refractivity contribution < 1.29 is 0 Å². The van der Waals surface area contributed by atoms with Gasteiger partial charge in [0.15, 0.2) is 0 Å². The number of aromatic nitrogens is 2. The highest BCUT2D eigenvalue weighted by atomic mass is 15.0. The van der Waals surface area contributed by atoms with E-state index in [4.69, 9.17) is 0 Å². The fourth-order valence-electron chi connectivity index (χ4n) is 16.9. The molecule has 3 heteroatoms. The monoisotopic (exact) mass is 1040 g/mol. The minimum absolute atomic E-state index is 0.102. The minimum atomic E-state index is -0.102. The SMILES string of the molecule is c1cc2c3c(c1)-n1c4ccc5c6ccccc6c6ccccc6c5c4c4c5c6ccccc6c6ccccc6c5cc(c41)B3c1cc3c4ccccc4c4ccccc4c3c3c4cc(-c5c6ccccc6cc6ccccc56)ccc4n-2c13. The normalized spacial score (nSPS) is 13.0. The summed E-state index contributed by atoms with van der Waals surface area (Å²) in [6.07, 6.45) is 0. The summed E-state index contributed by atoms with van der Waals surface area (Å²) in [7, 11) is 0. The zero-order valence-corrected chi connectivity index (χ0v) is 44.8. The quantitative estimate of drug-likeness (QED) is 0.0881. The van der Waals surface area contributed by atoms with Crippen LogP contribution < -0.4 is 16.4 Å². The number of nitrogens with zero attached hydrogens (tertiary/aromatic N) is 2. The average Bonchev–Trinajstić information content (AvgIpc) is 1.68. The Morgan fingerprint density at radius 1 is 0.229 bits per heavy atom. The molecule has 0 radical (unpaired) electrons. The van der Waals surface area contributed by atoms with Gasteiger partial charge in [-0.3, -0.25) is 0 Å². The molecular weight excluding hydrogens is 1000 g/mol. The van der Waals surface area contributed by atoms with E-state index in [1.54, 1.807) is 0 Å². The maximum Gasteiger partial charge on any atom is 0.252 e. The first-order chi connectivity index (χ1) is 41.2. The highest BCUT2D eigenvalue weighted by Crippen LogP contribution is 2.51. The van der Waals surface area contributed by atoms with Gasteiger partial charge in [-0.15, -0.1) is 0 Å². The van der Waals surface area contributed by atoms with Gasteiger partial charge in [-0.25, -0.2) is 0 Å². The van der Waals surface area contributed by atoms with Crippen molar-refractivity contribution in [3.05, 3.63) is 261 Å². The summed E-state index contributed by atoms with van der Waals surface area (Å²) in [6.45, 7) is -0.102. The Morgan fingerprint density at radius 2 is 0.602 bits per heavy atom. The average molecular weight is 1040 g/mol. The highest BCUT2D eigenvalue weighted by Gasteiger charge is 2.43. The van der Waals surface area contributed by atoms with Crippen molar-refractivity contribution in [2.24, 2.45) is 0 Å². The Morgan fingerprint density at radius 3 is 1.11 bits per heavy atom. The maximum atomic E-state index is 2.70. The van der Waals surface area contributed by atoms with Gasteiger partial charge in [0.25, 0.3) is 6.71 Å². The molecule has 4 heterocycles. The third kappa shape index (κ3) is 5.17. The third-order valence-electron chi connectivity index (χ3n) is 19.9. The van der Waals surface area contributed by atoms with Crippen LogP contribution in [0.1, 0.15) is 0 Å². The van der Waals surface area contributed by atoms with Gasteiger partial charge in [0.05, 0.1) is 22.1 Å². The summed E-state index contributed by atoms with van der Waals surface area (Å²) < 4.78 is 5.38. The zero-order chi connectivity index (χ0) is 53.5. The number of benzene rings is 17. The van der Waals surface area contributed by atoms with Gasteiger partial charge >= 0.3 is 0 Å². The molecule has 0 saturated heterocycles. The molecule has 2 aromatic heterocycles. The second-order valence-electron chi connectivity index (χ2n) is 23.6. The largest absolute Gasteiger partial charge is 0.310 e. The molecule has 0 fully saturated rings. The third-order valence-corrected chi connectivity index (χ3v) is 19.9. The smallest absolute Gasteiger partial charge is 0.252 e. The molecule has 2 aliphatic rings. The molecular formula is C80H43BN2. The van der Waals surface area contributed by atoms with E-state index in [0.29, 0.717) is 0 Å². The van der Waals surface area contributed by atoms with Crippen LogP contribution in [0.4, 0.5) is 0 Å². The molecule has 0 aliphatic carbocycles. The van der Waals surface area contributed by atoms with E-state index in [9.17, 15) is 0 Å². The molecule has 21 rings (SSSR count). The van der Waals surface area contributed by atoms with Crippen LogP contribution in [0, 0.1) is 0 Å². The van der Waals surface area contributed by atoms with E-state index in [-0.39, 0.29) is 6.71 Å². The van der Waals surface area contributed by atoms with Crippen molar-refractivity contribution in [2.75, 3.05) is 0 Å². The summed E-state index contributed by atoms with van der Waals surface area (Å²) in [4.78, 5) is 0. The molecule has 2 aliphatic heterocycles. The lowest BCUT2D eigenvalue weighted by Crippen LogP contribution is -2.59. The van der Waals surface area contributed by atoms with Crippen molar-refractivity contribution in [1.82, 2.24) is 9.13 Å². The fraction of sp³-hybridized carbons (Fsp3) is 0. The Hall–Kier alpha value is -10.7. The van der Waals surface area contributed by atoms with E-state index in [2.05, 4.69) is 270 Å². The van der Waals surface area contributed by atoms with E-state index in [0.717, 1.165) is 0 Å². The molecule has 0 unspecified atom stereocenters. The molecule has 376 valence electrons. The Kier molecular flexibility index (Phi) is 7.88. The maximum absolute atomic E-state index is 2.70. The van der Waals surface area contributed by atoms with Gasteiger partial charge < -0.3 is 9.13 Å². The molecule has 17 aromatic carbocycles. The van der Waals surface area contributed by atoms with E-state index in [1.165, 1.54) is 201 Å². The molecule has 19 aromatic rings. The highest BCUT2D eigenvalue weighted by molar-refractivity contribution is 7.01. The van der Waals surface area contributed by atoms with Gasteiger partial charge in [0.1, 0.15) is 0 Å². The predicted molar refractivity (Wildman–Crippen MR) is 358 cm³/mol. The van der Waals surface area contributed by atoms with Gasteiger partial charge in [-0.1, -0.05) is 224 Å². The Bertz CT molecular complexity index is 6220. The second kappa shape index (κ2) is 15.2. The lowest BCUT2D eigenvalue weighted by atomic mass is 9.34. The Balaban J connectivity index is 1.01. The summed E-state index contributed by atoms with van der Waals surface area (Å²) in [5.74, 6) is 0. The molecule has 0 spiro atoms. The Labute approximate surface area is 474 Å². The van der Waals surface area contributed by atoms with Crippen LogP contribution in [0.15, 0.2) is 261 Å². The van der Waals surface area contributed by atoms with Crippen LogP contribution >= 0.6 is 0 Å². The number of hydrogen-bond donors (Lipinski definition) is 0. The summed E-state index contributed by atoms with van der Waals surface area (Å²) in [6, 6.07) is 100. The molecule has 0 amide bonds. The predicted octanol–water partition coefficient (Wildman–Crippen LogP) is 19.4. The summed E-state index contributed by atoms with van der Waals surface area (Å²) >= 11 is 0. The zero-order valence-electron chi connectivity index (χ0n) is 44.8. The van der Waals surface area contributed by atoms with Crippen LogP contribution in [0.2, 0.25) is 0 Å². The van der Waals surface area contributed by atoms with E-state index < -0.39 is 0 Å². The summed E-state index contributed by atoms with van der Waals surface area (Å²) in [5, 5.41) is 33.6. The van der Waals surface area contributed by atoms with Crippen molar-refractivity contribution in [1.29, 1.82) is 0 Å². The number of hydrogen-bond acceptors (Lipinski definition) is 0. The first kappa shape index (κ1) is 43.1. The van der Waals surface area contributed by atoms with Gasteiger partial charge in [0, 0.05) is 49.1 Å². The molecule has 0 saturated carbocycles.